The molecule has 0 fully saturated rings. The SMILES string of the molecule is C=C(CCCCCCCCCCCCCCCCCCCCC(COC(=O)CCCCCCCCCCCCCCCCCCCCC)(COC(=O)CCCCCCCCCCCCCCCCCCCCC)COC(=O)CCCCCCCCCCCCCCCCCCCCC)OOC. The van der Waals surface area contributed by atoms with Gasteiger partial charge in [0.05, 0.1) is 12.5 Å². The van der Waals surface area contributed by atoms with Crippen molar-refractivity contribution in [3.8, 4) is 0 Å². The number of ether oxygens (including phenoxy) is 3. The molecule has 0 aliphatic carbocycles. The number of esters is 3. The van der Waals surface area contributed by atoms with Gasteiger partial charge in [0, 0.05) is 25.7 Å². The summed E-state index contributed by atoms with van der Waals surface area (Å²) in [6.07, 6.45) is 101. The van der Waals surface area contributed by atoms with Gasteiger partial charge in [-0.3, -0.25) is 14.4 Å². The summed E-state index contributed by atoms with van der Waals surface area (Å²) in [6, 6.07) is 0. The predicted molar refractivity (Wildman–Crippen MR) is 439 cm³/mol. The van der Waals surface area contributed by atoms with Crippen LogP contribution >= 0.6 is 0 Å². The van der Waals surface area contributed by atoms with E-state index < -0.39 is 5.41 Å². The van der Waals surface area contributed by atoms with Gasteiger partial charge in [0.1, 0.15) is 25.6 Å². The maximum atomic E-state index is 13.6. The number of carbonyl (C=O) groups excluding carboxylic acids is 3. The Morgan fingerprint density at radius 2 is 0.366 bits per heavy atom. The fraction of sp³-hybridized carbons (Fsp3) is 0.946. The van der Waals surface area contributed by atoms with Crippen LogP contribution in [0.25, 0.3) is 0 Å². The molecule has 8 heteroatoms. The highest BCUT2D eigenvalue weighted by atomic mass is 17.2. The van der Waals surface area contributed by atoms with E-state index in [1.54, 1.807) is 0 Å². The third kappa shape index (κ3) is 80.3. The van der Waals surface area contributed by atoms with Gasteiger partial charge in [-0.1, -0.05) is 483 Å². The standard InChI is InChI=1S/C93H180O8/c1-6-9-12-15-18-21-24-27-30-33-36-42-47-52-57-62-67-72-77-82-90(94)98-86-93(85-80-75-70-65-60-55-50-45-40-39-41-46-51-56-61-66-71-76-81-89(4)101-97-5,87-99-91(95)83-78-73-68-63-58-53-48-43-37-34-31-28-25-22-19-16-13-10-7-2)88-100-92(96)84-79-74-69-64-59-54-49-44-38-35-32-29-26-23-20-17-14-11-8-3/h4,6-88H2,1-3,5H3. The van der Waals surface area contributed by atoms with Crippen molar-refractivity contribution in [2.45, 2.75) is 534 Å². The molecule has 0 unspecified atom stereocenters. The molecule has 0 rings (SSSR count). The van der Waals surface area contributed by atoms with Crippen molar-refractivity contribution < 1.29 is 38.4 Å². The van der Waals surface area contributed by atoms with Gasteiger partial charge in [-0.25, -0.2) is 0 Å². The molecule has 0 spiro atoms. The first-order chi connectivity index (χ1) is 49.8. The van der Waals surface area contributed by atoms with Crippen LogP contribution in [0.5, 0.6) is 0 Å². The molecule has 101 heavy (non-hydrogen) atoms. The summed E-state index contributed by atoms with van der Waals surface area (Å²) >= 11 is 0. The Morgan fingerprint density at radius 3 is 0.535 bits per heavy atom. The van der Waals surface area contributed by atoms with Gasteiger partial charge < -0.3 is 19.1 Å². The second-order valence-corrected chi connectivity index (χ2v) is 32.5. The van der Waals surface area contributed by atoms with Crippen molar-refractivity contribution >= 4 is 17.9 Å². The van der Waals surface area contributed by atoms with Crippen molar-refractivity contribution in [1.29, 1.82) is 0 Å². The van der Waals surface area contributed by atoms with Crippen molar-refractivity contribution in [1.82, 2.24) is 0 Å². The fourth-order valence-electron chi connectivity index (χ4n) is 15.1. The highest BCUT2D eigenvalue weighted by molar-refractivity contribution is 5.70. The van der Waals surface area contributed by atoms with Crippen LogP contribution in [-0.4, -0.2) is 44.8 Å². The zero-order valence-electron chi connectivity index (χ0n) is 69.2. The van der Waals surface area contributed by atoms with Gasteiger partial charge in [0.25, 0.3) is 0 Å². The Hall–Kier alpha value is -2.09. The second kappa shape index (κ2) is 85.2. The molecular weight excluding hydrogens is 1250 g/mol. The third-order valence-corrected chi connectivity index (χ3v) is 22.2. The molecule has 0 atom stereocenters. The number of unbranched alkanes of at least 4 members (excludes halogenated alkanes) is 71. The van der Waals surface area contributed by atoms with Crippen molar-refractivity contribution in [2.24, 2.45) is 5.41 Å². The maximum absolute atomic E-state index is 13.6. The average Bonchev–Trinajstić information content (AvgIpc) is 0.882. The van der Waals surface area contributed by atoms with E-state index in [1.807, 2.05) is 0 Å². The van der Waals surface area contributed by atoms with Crippen LogP contribution in [0.2, 0.25) is 0 Å². The van der Waals surface area contributed by atoms with Gasteiger partial charge in [-0.15, -0.1) is 0 Å². The summed E-state index contributed by atoms with van der Waals surface area (Å²) in [7, 11) is 1.53. The molecule has 600 valence electrons. The van der Waals surface area contributed by atoms with Crippen LogP contribution in [0.3, 0.4) is 0 Å². The summed E-state index contributed by atoms with van der Waals surface area (Å²) < 4.78 is 18.6. The first-order valence-electron chi connectivity index (χ1n) is 46.2. The highest BCUT2D eigenvalue weighted by Gasteiger charge is 2.35. The fourth-order valence-corrected chi connectivity index (χ4v) is 15.1. The number of hydrogen-bond acceptors (Lipinski definition) is 8. The highest BCUT2D eigenvalue weighted by Crippen LogP contribution is 2.30. The van der Waals surface area contributed by atoms with E-state index in [0.29, 0.717) is 25.7 Å². The molecule has 0 amide bonds. The van der Waals surface area contributed by atoms with Crippen molar-refractivity contribution in [3.05, 3.63) is 12.3 Å². The molecule has 0 aromatic rings. The second-order valence-electron chi connectivity index (χ2n) is 32.5. The number of carbonyl (C=O) groups is 3. The molecule has 8 nitrogen and oxygen atoms in total. The first kappa shape index (κ1) is 98.9. The number of hydrogen-bond donors (Lipinski definition) is 0. The van der Waals surface area contributed by atoms with E-state index in [4.69, 9.17) is 24.0 Å². The van der Waals surface area contributed by atoms with E-state index in [0.717, 1.165) is 95.7 Å². The summed E-state index contributed by atoms with van der Waals surface area (Å²) in [6.45, 7) is 11.1. The Morgan fingerprint density at radius 1 is 0.218 bits per heavy atom. The molecule has 0 aliphatic heterocycles. The van der Waals surface area contributed by atoms with Crippen LogP contribution in [0.15, 0.2) is 12.3 Å². The van der Waals surface area contributed by atoms with Gasteiger partial charge in [0.2, 0.25) is 0 Å². The summed E-state index contributed by atoms with van der Waals surface area (Å²) in [5.41, 5.74) is -0.758. The summed E-state index contributed by atoms with van der Waals surface area (Å²) in [4.78, 5) is 50.4. The van der Waals surface area contributed by atoms with Gasteiger partial charge in [-0.05, 0) is 32.1 Å². The summed E-state index contributed by atoms with van der Waals surface area (Å²) in [5, 5.41) is 0. The zero-order chi connectivity index (χ0) is 73.0. The lowest BCUT2D eigenvalue weighted by Crippen LogP contribution is -2.39. The first-order valence-corrected chi connectivity index (χ1v) is 46.2. The topological polar surface area (TPSA) is 97.4 Å². The number of rotatable bonds is 89. The average molecular weight is 1430 g/mol. The monoisotopic (exact) mass is 1430 g/mol. The van der Waals surface area contributed by atoms with Gasteiger partial charge >= 0.3 is 17.9 Å². The Kier molecular flexibility index (Phi) is 83.4. The lowest BCUT2D eigenvalue weighted by Gasteiger charge is -2.32. The Balaban J connectivity index is 5.29. The normalized spacial score (nSPS) is 11.7. The smallest absolute Gasteiger partial charge is 0.305 e. The van der Waals surface area contributed by atoms with E-state index in [9.17, 15) is 14.4 Å². The molecule has 0 bridgehead atoms. The van der Waals surface area contributed by atoms with Crippen molar-refractivity contribution in [2.75, 3.05) is 26.9 Å². The molecule has 0 N–H and O–H groups in total. The van der Waals surface area contributed by atoms with Crippen LogP contribution in [-0.2, 0) is 38.4 Å². The lowest BCUT2D eigenvalue weighted by atomic mass is 9.84. The van der Waals surface area contributed by atoms with E-state index in [2.05, 4.69) is 27.4 Å². The molecule has 0 radical (unpaired) electrons. The van der Waals surface area contributed by atoms with E-state index in [-0.39, 0.29) is 37.7 Å². The minimum absolute atomic E-state index is 0.119. The minimum atomic E-state index is -0.758. The molecule has 0 aromatic carbocycles. The minimum Gasteiger partial charge on any atom is -0.465 e. The Labute approximate surface area is 632 Å². The zero-order valence-corrected chi connectivity index (χ0v) is 69.2. The van der Waals surface area contributed by atoms with Crippen LogP contribution in [0, 0.1) is 5.41 Å². The van der Waals surface area contributed by atoms with Crippen LogP contribution in [0.1, 0.15) is 534 Å². The lowest BCUT2D eigenvalue weighted by molar-refractivity contribution is -0.239. The molecule has 0 saturated carbocycles. The van der Waals surface area contributed by atoms with Gasteiger partial charge in [-0.2, -0.15) is 4.89 Å². The summed E-state index contributed by atoms with van der Waals surface area (Å²) in [5.74, 6) is 0.179. The molecule has 0 saturated heterocycles. The largest absolute Gasteiger partial charge is 0.465 e. The maximum Gasteiger partial charge on any atom is 0.305 e. The van der Waals surface area contributed by atoms with E-state index in [1.165, 1.54) is 405 Å². The molecule has 0 aromatic heterocycles. The Bertz CT molecular complexity index is 1510. The van der Waals surface area contributed by atoms with Gasteiger partial charge in [0.15, 0.2) is 0 Å². The third-order valence-electron chi connectivity index (χ3n) is 22.2. The predicted octanol–water partition coefficient (Wildman–Crippen LogP) is 32.0. The quantitative estimate of drug-likeness (QED) is 0.0148. The van der Waals surface area contributed by atoms with Crippen LogP contribution < -0.4 is 0 Å². The molecular formula is C93H180O8. The molecule has 0 heterocycles. The van der Waals surface area contributed by atoms with Crippen LogP contribution in [0.4, 0.5) is 0 Å². The van der Waals surface area contributed by atoms with Crippen molar-refractivity contribution in [3.63, 3.8) is 0 Å². The number of allylic oxidation sites excluding steroid dienone is 1. The van der Waals surface area contributed by atoms with E-state index >= 15 is 0 Å². The molecule has 0 aliphatic rings.